The van der Waals surface area contributed by atoms with Crippen LogP contribution in [0.1, 0.15) is 9.67 Å². The van der Waals surface area contributed by atoms with Crippen LogP contribution in [0.5, 0.6) is 0 Å². The Balaban J connectivity index is 1.50. The van der Waals surface area contributed by atoms with Gasteiger partial charge in [0.2, 0.25) is 0 Å². The molecular weight excluding hydrogens is 462 g/mol. The summed E-state index contributed by atoms with van der Waals surface area (Å²) in [6, 6.07) is 19.0. The van der Waals surface area contributed by atoms with Crippen LogP contribution in [0.15, 0.2) is 83.0 Å². The van der Waals surface area contributed by atoms with Crippen molar-refractivity contribution in [2.45, 2.75) is 0 Å². The van der Waals surface area contributed by atoms with Crippen LogP contribution in [-0.2, 0) is 0 Å². The SMILES string of the molecule is O=C(Nc1cccc(-c2ccnc3cc(-c4ccncc4)nn23)c1)c1ccc(Br)s1. The fraction of sp³-hybridized carbons (Fsp3) is 0. The Labute approximate surface area is 184 Å². The Morgan fingerprint density at radius 2 is 1.83 bits per heavy atom. The van der Waals surface area contributed by atoms with Crippen molar-refractivity contribution in [1.82, 2.24) is 19.6 Å². The maximum atomic E-state index is 12.5. The van der Waals surface area contributed by atoms with E-state index in [0.717, 1.165) is 31.9 Å². The summed E-state index contributed by atoms with van der Waals surface area (Å²) in [5.41, 5.74) is 5.08. The van der Waals surface area contributed by atoms with E-state index in [9.17, 15) is 4.79 Å². The Hall–Kier alpha value is -3.36. The lowest BCUT2D eigenvalue weighted by Gasteiger charge is -2.08. The third-order valence-electron chi connectivity index (χ3n) is 4.55. The van der Waals surface area contributed by atoms with Crippen molar-refractivity contribution in [3.8, 4) is 22.5 Å². The number of halogens is 1. The zero-order chi connectivity index (χ0) is 20.5. The van der Waals surface area contributed by atoms with Gasteiger partial charge in [0.05, 0.1) is 20.1 Å². The summed E-state index contributed by atoms with van der Waals surface area (Å²) in [5.74, 6) is -0.137. The maximum Gasteiger partial charge on any atom is 0.265 e. The number of hydrogen-bond donors (Lipinski definition) is 1. The summed E-state index contributed by atoms with van der Waals surface area (Å²) in [7, 11) is 0. The zero-order valence-electron chi connectivity index (χ0n) is 15.5. The standard InChI is InChI=1S/C22H14BrN5OS/c23-20-5-4-19(30-20)22(29)26-16-3-1-2-15(12-16)18-8-11-25-21-13-17(27-28(18)21)14-6-9-24-10-7-14/h1-13H,(H,26,29). The number of pyridine rings is 1. The predicted molar refractivity (Wildman–Crippen MR) is 122 cm³/mol. The highest BCUT2D eigenvalue weighted by Gasteiger charge is 2.12. The number of hydrogen-bond acceptors (Lipinski definition) is 5. The van der Waals surface area contributed by atoms with Gasteiger partial charge in [-0.3, -0.25) is 9.78 Å². The van der Waals surface area contributed by atoms with Gasteiger partial charge in [-0.1, -0.05) is 12.1 Å². The monoisotopic (exact) mass is 475 g/mol. The van der Waals surface area contributed by atoms with Crippen molar-refractivity contribution in [3.63, 3.8) is 0 Å². The molecule has 8 heteroatoms. The van der Waals surface area contributed by atoms with Crippen molar-refractivity contribution in [3.05, 3.63) is 87.9 Å². The molecule has 5 aromatic rings. The zero-order valence-corrected chi connectivity index (χ0v) is 17.9. The van der Waals surface area contributed by atoms with E-state index in [-0.39, 0.29) is 5.91 Å². The van der Waals surface area contributed by atoms with Gasteiger partial charge in [0.25, 0.3) is 5.91 Å². The van der Waals surface area contributed by atoms with Gasteiger partial charge < -0.3 is 5.32 Å². The Kier molecular flexibility index (Phi) is 4.86. The molecule has 1 N–H and O–H groups in total. The van der Waals surface area contributed by atoms with Gasteiger partial charge in [-0.25, -0.2) is 9.50 Å². The highest BCUT2D eigenvalue weighted by Crippen LogP contribution is 2.27. The summed E-state index contributed by atoms with van der Waals surface area (Å²) in [4.78, 5) is 21.6. The molecule has 1 aromatic carbocycles. The van der Waals surface area contributed by atoms with E-state index in [1.165, 1.54) is 11.3 Å². The van der Waals surface area contributed by atoms with Crippen LogP contribution in [0, 0.1) is 0 Å². The minimum absolute atomic E-state index is 0.137. The molecule has 5 rings (SSSR count). The van der Waals surface area contributed by atoms with Crippen LogP contribution in [0.2, 0.25) is 0 Å². The van der Waals surface area contributed by atoms with E-state index in [1.54, 1.807) is 24.7 Å². The number of benzene rings is 1. The number of thiophene rings is 1. The van der Waals surface area contributed by atoms with Gasteiger partial charge in [0.1, 0.15) is 0 Å². The lowest BCUT2D eigenvalue weighted by molar-refractivity contribution is 0.103. The van der Waals surface area contributed by atoms with Gasteiger partial charge in [0.15, 0.2) is 5.65 Å². The lowest BCUT2D eigenvalue weighted by Crippen LogP contribution is -2.10. The second-order valence-electron chi connectivity index (χ2n) is 6.50. The minimum atomic E-state index is -0.137. The summed E-state index contributed by atoms with van der Waals surface area (Å²) >= 11 is 4.79. The average molecular weight is 476 g/mol. The number of nitrogens with one attached hydrogen (secondary N) is 1. The molecule has 0 saturated carbocycles. The minimum Gasteiger partial charge on any atom is -0.321 e. The van der Waals surface area contributed by atoms with Crippen LogP contribution >= 0.6 is 27.3 Å². The van der Waals surface area contributed by atoms with Crippen LogP contribution in [0.3, 0.4) is 0 Å². The van der Waals surface area contributed by atoms with Crippen LogP contribution < -0.4 is 5.32 Å². The number of amides is 1. The smallest absolute Gasteiger partial charge is 0.265 e. The number of nitrogens with zero attached hydrogens (tertiary/aromatic N) is 4. The van der Waals surface area contributed by atoms with Crippen molar-refractivity contribution in [2.24, 2.45) is 0 Å². The van der Waals surface area contributed by atoms with Crippen molar-refractivity contribution in [1.29, 1.82) is 0 Å². The second kappa shape index (κ2) is 7.81. The summed E-state index contributed by atoms with van der Waals surface area (Å²) in [6.07, 6.45) is 5.25. The molecule has 1 amide bonds. The average Bonchev–Trinajstić information content (AvgIpc) is 3.41. The first kappa shape index (κ1) is 18.7. The molecule has 0 radical (unpaired) electrons. The van der Waals surface area contributed by atoms with E-state index >= 15 is 0 Å². The molecule has 0 atom stereocenters. The lowest BCUT2D eigenvalue weighted by atomic mass is 10.1. The molecule has 0 aliphatic rings. The van der Waals surface area contributed by atoms with Crippen molar-refractivity contribution >= 4 is 44.5 Å². The van der Waals surface area contributed by atoms with Gasteiger partial charge in [-0.15, -0.1) is 11.3 Å². The highest BCUT2D eigenvalue weighted by molar-refractivity contribution is 9.11. The Morgan fingerprint density at radius 3 is 2.63 bits per heavy atom. The molecule has 0 aliphatic carbocycles. The van der Waals surface area contributed by atoms with E-state index in [2.05, 4.69) is 31.2 Å². The second-order valence-corrected chi connectivity index (χ2v) is 8.97. The summed E-state index contributed by atoms with van der Waals surface area (Å²) in [5, 5.41) is 7.69. The van der Waals surface area contributed by atoms with Gasteiger partial charge >= 0.3 is 0 Å². The predicted octanol–water partition coefficient (Wildman–Crippen LogP) is 5.53. The molecule has 6 nitrogen and oxygen atoms in total. The third kappa shape index (κ3) is 3.62. The quantitative estimate of drug-likeness (QED) is 0.370. The fourth-order valence-electron chi connectivity index (χ4n) is 3.16. The number of anilines is 1. The number of aromatic nitrogens is 4. The number of fused-ring (bicyclic) bond motifs is 1. The van der Waals surface area contributed by atoms with Gasteiger partial charge in [0, 0.05) is 41.5 Å². The normalized spacial score (nSPS) is 11.0. The molecule has 146 valence electrons. The van der Waals surface area contributed by atoms with Crippen molar-refractivity contribution < 1.29 is 4.79 Å². The van der Waals surface area contributed by atoms with E-state index in [1.807, 2.05) is 59.1 Å². The summed E-state index contributed by atoms with van der Waals surface area (Å²) in [6.45, 7) is 0. The van der Waals surface area contributed by atoms with Crippen LogP contribution in [-0.4, -0.2) is 25.5 Å². The molecule has 0 aliphatic heterocycles. The largest absolute Gasteiger partial charge is 0.321 e. The van der Waals surface area contributed by atoms with Gasteiger partial charge in [-0.05, 0) is 58.4 Å². The number of carbonyl (C=O) groups excluding carboxylic acids is 1. The Bertz CT molecular complexity index is 1360. The first-order chi connectivity index (χ1) is 14.7. The topological polar surface area (TPSA) is 72.2 Å². The molecule has 4 heterocycles. The highest BCUT2D eigenvalue weighted by atomic mass is 79.9. The third-order valence-corrected chi connectivity index (χ3v) is 6.17. The number of carbonyl (C=O) groups is 1. The number of rotatable bonds is 4. The maximum absolute atomic E-state index is 12.5. The first-order valence-corrected chi connectivity index (χ1v) is 10.7. The fourth-order valence-corrected chi connectivity index (χ4v) is 4.44. The summed E-state index contributed by atoms with van der Waals surface area (Å²) < 4.78 is 2.73. The van der Waals surface area contributed by atoms with Crippen molar-refractivity contribution in [2.75, 3.05) is 5.32 Å². The molecule has 0 fully saturated rings. The van der Waals surface area contributed by atoms with Crippen LogP contribution in [0.25, 0.3) is 28.2 Å². The first-order valence-electron chi connectivity index (χ1n) is 9.10. The van der Waals surface area contributed by atoms with E-state index in [0.29, 0.717) is 10.6 Å². The molecule has 4 aromatic heterocycles. The molecule has 0 unspecified atom stereocenters. The Morgan fingerprint density at radius 1 is 0.967 bits per heavy atom. The van der Waals surface area contributed by atoms with Crippen LogP contribution in [0.4, 0.5) is 5.69 Å². The molecule has 0 bridgehead atoms. The molecular formula is C22H14BrN5OS. The molecule has 30 heavy (non-hydrogen) atoms. The van der Waals surface area contributed by atoms with Gasteiger partial charge in [-0.2, -0.15) is 5.10 Å². The molecule has 0 spiro atoms. The van der Waals surface area contributed by atoms with E-state index < -0.39 is 0 Å². The van der Waals surface area contributed by atoms with E-state index in [4.69, 9.17) is 5.10 Å². The molecule has 0 saturated heterocycles.